The molecule has 1 atom stereocenters. The molecule has 0 saturated carbocycles. The van der Waals surface area contributed by atoms with Gasteiger partial charge in [-0.1, -0.05) is 19.1 Å². The van der Waals surface area contributed by atoms with Crippen molar-refractivity contribution in [3.05, 3.63) is 29.3 Å². The van der Waals surface area contributed by atoms with E-state index in [1.54, 1.807) is 0 Å². The number of nitrogens with two attached hydrogens (primary N) is 1. The molecular formula is C14H23N2O+. The Balaban J connectivity index is 2.54. The van der Waals surface area contributed by atoms with Crippen molar-refractivity contribution < 1.29 is 10.1 Å². The Morgan fingerprint density at radius 2 is 2.12 bits per heavy atom. The summed E-state index contributed by atoms with van der Waals surface area (Å²) in [7, 11) is 0. The molecule has 0 bridgehead atoms. The number of rotatable bonds is 5. The van der Waals surface area contributed by atoms with Gasteiger partial charge >= 0.3 is 0 Å². The van der Waals surface area contributed by atoms with E-state index >= 15 is 0 Å². The number of amides is 1. The number of anilines is 1. The standard InChI is InChI=1S/C14H22N2O/c1-5-11(3)15-9-14(17)16-13-8-6-7-10(2)12(13)4/h6-8,11,15H,5,9H2,1-4H3,(H,16,17)/p+1/t11-/m1/s1. The molecule has 0 aliphatic rings. The third-order valence-corrected chi connectivity index (χ3v) is 3.23. The van der Waals surface area contributed by atoms with E-state index < -0.39 is 0 Å². The summed E-state index contributed by atoms with van der Waals surface area (Å²) in [5.74, 6) is 0.0685. The van der Waals surface area contributed by atoms with E-state index in [4.69, 9.17) is 0 Å². The van der Waals surface area contributed by atoms with Crippen LogP contribution in [0.25, 0.3) is 0 Å². The third-order valence-electron chi connectivity index (χ3n) is 3.23. The Morgan fingerprint density at radius 1 is 1.41 bits per heavy atom. The van der Waals surface area contributed by atoms with Crippen LogP contribution in [0.1, 0.15) is 31.4 Å². The molecule has 0 aliphatic carbocycles. The second kappa shape index (κ2) is 6.40. The van der Waals surface area contributed by atoms with Gasteiger partial charge < -0.3 is 10.6 Å². The molecule has 17 heavy (non-hydrogen) atoms. The van der Waals surface area contributed by atoms with Crippen molar-refractivity contribution in [1.29, 1.82) is 0 Å². The fraction of sp³-hybridized carbons (Fsp3) is 0.500. The van der Waals surface area contributed by atoms with Crippen LogP contribution >= 0.6 is 0 Å². The largest absolute Gasteiger partial charge is 0.336 e. The van der Waals surface area contributed by atoms with Gasteiger partial charge in [0.2, 0.25) is 0 Å². The topological polar surface area (TPSA) is 45.7 Å². The van der Waals surface area contributed by atoms with Crippen LogP contribution in [0.2, 0.25) is 0 Å². The zero-order valence-corrected chi connectivity index (χ0v) is 11.2. The van der Waals surface area contributed by atoms with Gasteiger partial charge in [0.15, 0.2) is 6.54 Å². The Kier molecular flexibility index (Phi) is 5.16. The molecule has 0 saturated heterocycles. The first kappa shape index (κ1) is 13.7. The third kappa shape index (κ3) is 4.19. The van der Waals surface area contributed by atoms with Gasteiger partial charge in [0, 0.05) is 5.69 Å². The molecule has 0 aromatic heterocycles. The average Bonchev–Trinajstić information content (AvgIpc) is 2.32. The first-order chi connectivity index (χ1) is 8.04. The van der Waals surface area contributed by atoms with E-state index in [2.05, 4.69) is 37.5 Å². The predicted molar refractivity (Wildman–Crippen MR) is 71.1 cm³/mol. The van der Waals surface area contributed by atoms with Crippen LogP contribution in [0.15, 0.2) is 18.2 Å². The molecule has 0 unspecified atom stereocenters. The van der Waals surface area contributed by atoms with E-state index in [1.807, 2.05) is 19.1 Å². The highest BCUT2D eigenvalue weighted by molar-refractivity contribution is 5.92. The quantitative estimate of drug-likeness (QED) is 0.800. The van der Waals surface area contributed by atoms with Crippen LogP contribution in [0.4, 0.5) is 5.69 Å². The van der Waals surface area contributed by atoms with Crippen LogP contribution < -0.4 is 10.6 Å². The van der Waals surface area contributed by atoms with Gasteiger partial charge in [-0.05, 0) is 44.4 Å². The molecule has 0 spiro atoms. The number of hydrogen-bond acceptors (Lipinski definition) is 1. The normalized spacial score (nSPS) is 12.2. The molecule has 94 valence electrons. The van der Waals surface area contributed by atoms with Crippen molar-refractivity contribution in [2.75, 3.05) is 11.9 Å². The van der Waals surface area contributed by atoms with Gasteiger partial charge in [0.05, 0.1) is 6.04 Å². The molecule has 3 N–H and O–H groups in total. The maximum absolute atomic E-state index is 11.8. The first-order valence-electron chi connectivity index (χ1n) is 6.24. The van der Waals surface area contributed by atoms with Gasteiger partial charge in [0.25, 0.3) is 5.91 Å². The highest BCUT2D eigenvalue weighted by atomic mass is 16.1. The smallest absolute Gasteiger partial charge is 0.279 e. The Morgan fingerprint density at radius 3 is 2.76 bits per heavy atom. The second-order valence-corrected chi connectivity index (χ2v) is 4.62. The maximum atomic E-state index is 11.8. The van der Waals surface area contributed by atoms with Crippen molar-refractivity contribution in [1.82, 2.24) is 0 Å². The number of hydrogen-bond donors (Lipinski definition) is 2. The van der Waals surface area contributed by atoms with E-state index in [0.717, 1.165) is 17.7 Å². The van der Waals surface area contributed by atoms with Gasteiger partial charge in [-0.3, -0.25) is 4.79 Å². The highest BCUT2D eigenvalue weighted by Crippen LogP contribution is 2.17. The number of carbonyl (C=O) groups is 1. The summed E-state index contributed by atoms with van der Waals surface area (Å²) in [6.07, 6.45) is 1.08. The summed E-state index contributed by atoms with van der Waals surface area (Å²) < 4.78 is 0. The number of benzene rings is 1. The summed E-state index contributed by atoms with van der Waals surface area (Å²) in [4.78, 5) is 11.8. The summed E-state index contributed by atoms with van der Waals surface area (Å²) in [5.41, 5.74) is 3.27. The monoisotopic (exact) mass is 235 g/mol. The lowest BCUT2D eigenvalue weighted by Gasteiger charge is -2.11. The van der Waals surface area contributed by atoms with Gasteiger partial charge in [-0.25, -0.2) is 0 Å². The fourth-order valence-electron chi connectivity index (χ4n) is 1.56. The van der Waals surface area contributed by atoms with Gasteiger partial charge in [0.1, 0.15) is 0 Å². The first-order valence-corrected chi connectivity index (χ1v) is 6.24. The van der Waals surface area contributed by atoms with Gasteiger partial charge in [-0.15, -0.1) is 0 Å². The fourth-order valence-corrected chi connectivity index (χ4v) is 1.56. The lowest BCUT2D eigenvalue weighted by Crippen LogP contribution is -2.90. The molecule has 0 heterocycles. The molecule has 0 aliphatic heterocycles. The molecule has 1 aromatic carbocycles. The predicted octanol–water partition coefficient (Wildman–Crippen LogP) is 1.60. The Labute approximate surface area is 104 Å². The number of nitrogens with one attached hydrogen (secondary N) is 1. The molecule has 1 amide bonds. The lowest BCUT2D eigenvalue weighted by molar-refractivity contribution is -0.675. The summed E-state index contributed by atoms with van der Waals surface area (Å²) in [6, 6.07) is 6.47. The van der Waals surface area contributed by atoms with E-state index in [0.29, 0.717) is 12.6 Å². The van der Waals surface area contributed by atoms with Gasteiger partial charge in [-0.2, -0.15) is 0 Å². The summed E-state index contributed by atoms with van der Waals surface area (Å²) >= 11 is 0. The van der Waals surface area contributed by atoms with Crippen molar-refractivity contribution in [3.63, 3.8) is 0 Å². The zero-order chi connectivity index (χ0) is 12.8. The summed E-state index contributed by atoms with van der Waals surface area (Å²) in [5, 5.41) is 5.03. The Hall–Kier alpha value is -1.35. The van der Waals surface area contributed by atoms with Crippen molar-refractivity contribution in [2.45, 2.75) is 40.2 Å². The van der Waals surface area contributed by atoms with Crippen molar-refractivity contribution in [2.24, 2.45) is 0 Å². The molecule has 1 rings (SSSR count). The second-order valence-electron chi connectivity index (χ2n) is 4.62. The number of aryl methyl sites for hydroxylation is 1. The minimum atomic E-state index is 0.0685. The zero-order valence-electron chi connectivity index (χ0n) is 11.2. The van der Waals surface area contributed by atoms with Crippen molar-refractivity contribution in [3.8, 4) is 0 Å². The van der Waals surface area contributed by atoms with Crippen LogP contribution in [0, 0.1) is 13.8 Å². The van der Waals surface area contributed by atoms with Crippen LogP contribution in [0.5, 0.6) is 0 Å². The molecule has 3 nitrogen and oxygen atoms in total. The molecule has 0 fully saturated rings. The summed E-state index contributed by atoms with van der Waals surface area (Å²) in [6.45, 7) is 8.83. The van der Waals surface area contributed by atoms with Crippen molar-refractivity contribution >= 4 is 11.6 Å². The van der Waals surface area contributed by atoms with Crippen LogP contribution in [-0.4, -0.2) is 18.5 Å². The SMILES string of the molecule is CC[C@@H](C)[NH2+]CC(=O)Nc1cccc(C)c1C. The minimum absolute atomic E-state index is 0.0685. The number of carbonyl (C=O) groups excluding carboxylic acids is 1. The minimum Gasteiger partial charge on any atom is -0.336 e. The molecule has 3 heteroatoms. The van der Waals surface area contributed by atoms with E-state index in [9.17, 15) is 4.79 Å². The average molecular weight is 235 g/mol. The lowest BCUT2D eigenvalue weighted by atomic mass is 10.1. The van der Waals surface area contributed by atoms with E-state index in [1.165, 1.54) is 5.56 Å². The van der Waals surface area contributed by atoms with Crippen LogP contribution in [-0.2, 0) is 4.79 Å². The molecule has 1 aromatic rings. The maximum Gasteiger partial charge on any atom is 0.279 e. The highest BCUT2D eigenvalue weighted by Gasteiger charge is 2.09. The molecular weight excluding hydrogens is 212 g/mol. The van der Waals surface area contributed by atoms with Crippen LogP contribution in [0.3, 0.4) is 0 Å². The van der Waals surface area contributed by atoms with E-state index in [-0.39, 0.29) is 5.91 Å². The molecule has 0 radical (unpaired) electrons. The number of quaternary nitrogens is 1. The Bertz CT molecular complexity index is 388.